The van der Waals surface area contributed by atoms with Gasteiger partial charge in [0.05, 0.1) is 7.11 Å². The first-order valence-electron chi connectivity index (χ1n) is 9.05. The number of anilines is 2. The molecule has 0 bridgehead atoms. The zero-order chi connectivity index (χ0) is 21.9. The average Bonchev–Trinajstić information content (AvgIpc) is 2.69. The van der Waals surface area contributed by atoms with Crippen LogP contribution in [0, 0.1) is 13.8 Å². The summed E-state index contributed by atoms with van der Waals surface area (Å²) in [6.45, 7) is 3.71. The van der Waals surface area contributed by atoms with Crippen molar-refractivity contribution in [1.82, 2.24) is 0 Å². The third-order valence-electron chi connectivity index (χ3n) is 4.52. The lowest BCUT2D eigenvalue weighted by Gasteiger charge is -2.15. The first-order valence-corrected chi connectivity index (χ1v) is 11.3. The van der Waals surface area contributed by atoms with E-state index >= 15 is 0 Å². The number of ether oxygens (including phenoxy) is 1. The lowest BCUT2D eigenvalue weighted by molar-refractivity contribution is 0.102. The summed E-state index contributed by atoms with van der Waals surface area (Å²) in [7, 11) is -2.56. The monoisotopic (exact) mass is 488 g/mol. The maximum Gasteiger partial charge on any atom is 0.265 e. The number of hydrogen-bond acceptors (Lipinski definition) is 4. The molecule has 0 aromatic heterocycles. The number of halogens is 1. The van der Waals surface area contributed by atoms with E-state index in [1.54, 1.807) is 30.3 Å². The highest BCUT2D eigenvalue weighted by Gasteiger charge is 2.21. The van der Waals surface area contributed by atoms with Crippen molar-refractivity contribution in [2.45, 2.75) is 18.7 Å². The summed E-state index contributed by atoms with van der Waals surface area (Å²) in [6, 6.07) is 16.8. The molecule has 0 heterocycles. The predicted octanol–water partition coefficient (Wildman–Crippen LogP) is 5.13. The summed E-state index contributed by atoms with van der Waals surface area (Å²) >= 11 is 3.32. The molecular weight excluding hydrogens is 468 g/mol. The van der Waals surface area contributed by atoms with Crippen molar-refractivity contribution in [3.05, 3.63) is 81.8 Å². The van der Waals surface area contributed by atoms with Crippen molar-refractivity contribution in [2.24, 2.45) is 0 Å². The molecule has 0 saturated heterocycles. The van der Waals surface area contributed by atoms with E-state index in [0.29, 0.717) is 16.9 Å². The molecule has 0 aliphatic carbocycles. The van der Waals surface area contributed by atoms with Gasteiger partial charge < -0.3 is 10.1 Å². The Bertz CT molecular complexity index is 1170. The first-order chi connectivity index (χ1) is 14.2. The van der Waals surface area contributed by atoms with Crippen molar-refractivity contribution in [1.29, 1.82) is 0 Å². The number of hydrogen-bond donors (Lipinski definition) is 2. The van der Waals surface area contributed by atoms with Crippen molar-refractivity contribution in [3.63, 3.8) is 0 Å². The minimum absolute atomic E-state index is 0.0766. The Kier molecular flexibility index (Phi) is 6.48. The van der Waals surface area contributed by atoms with Gasteiger partial charge in [0.25, 0.3) is 15.9 Å². The summed E-state index contributed by atoms with van der Waals surface area (Å²) in [5.74, 6) is -0.135. The van der Waals surface area contributed by atoms with E-state index in [-0.39, 0.29) is 16.6 Å². The van der Waals surface area contributed by atoms with Gasteiger partial charge in [0.15, 0.2) is 0 Å². The Labute approximate surface area is 184 Å². The zero-order valence-electron chi connectivity index (χ0n) is 16.7. The molecule has 0 radical (unpaired) electrons. The molecule has 0 fully saturated rings. The zero-order valence-corrected chi connectivity index (χ0v) is 19.1. The van der Waals surface area contributed by atoms with E-state index < -0.39 is 10.0 Å². The topological polar surface area (TPSA) is 84.5 Å². The minimum Gasteiger partial charge on any atom is -0.495 e. The van der Waals surface area contributed by atoms with Crippen LogP contribution in [0.5, 0.6) is 5.75 Å². The number of rotatable bonds is 6. The molecule has 0 aliphatic heterocycles. The van der Waals surface area contributed by atoms with Gasteiger partial charge in [0.1, 0.15) is 10.6 Å². The Morgan fingerprint density at radius 3 is 2.13 bits per heavy atom. The number of aryl methyl sites for hydroxylation is 2. The number of nitrogens with one attached hydrogen (secondary N) is 2. The molecule has 3 aromatic rings. The van der Waals surface area contributed by atoms with Gasteiger partial charge in [0.2, 0.25) is 0 Å². The average molecular weight is 489 g/mol. The molecule has 0 spiro atoms. The van der Waals surface area contributed by atoms with Crippen LogP contribution in [0.15, 0.2) is 70.0 Å². The van der Waals surface area contributed by atoms with Crippen LogP contribution < -0.4 is 14.8 Å². The van der Waals surface area contributed by atoms with Gasteiger partial charge in [-0.2, -0.15) is 0 Å². The quantitative estimate of drug-likeness (QED) is 0.503. The van der Waals surface area contributed by atoms with Crippen LogP contribution in [-0.2, 0) is 10.0 Å². The lowest BCUT2D eigenvalue weighted by Crippen LogP contribution is -2.17. The van der Waals surface area contributed by atoms with Crippen LogP contribution in [0.4, 0.5) is 11.4 Å². The van der Waals surface area contributed by atoms with Crippen LogP contribution in [0.1, 0.15) is 21.5 Å². The van der Waals surface area contributed by atoms with E-state index in [9.17, 15) is 13.2 Å². The van der Waals surface area contributed by atoms with Crippen molar-refractivity contribution in [2.75, 3.05) is 17.1 Å². The van der Waals surface area contributed by atoms with Crippen molar-refractivity contribution >= 4 is 43.2 Å². The molecule has 0 aliphatic rings. The summed E-state index contributed by atoms with van der Waals surface area (Å²) in [5.41, 5.74) is 2.99. The second-order valence-electron chi connectivity index (χ2n) is 6.70. The van der Waals surface area contributed by atoms with E-state index in [1.165, 1.54) is 19.2 Å². The van der Waals surface area contributed by atoms with E-state index in [0.717, 1.165) is 15.6 Å². The number of benzene rings is 3. The van der Waals surface area contributed by atoms with Gasteiger partial charge in [-0.05, 0) is 67.4 Å². The van der Waals surface area contributed by atoms with Gasteiger partial charge in [-0.15, -0.1) is 0 Å². The van der Waals surface area contributed by atoms with Gasteiger partial charge in [-0.25, -0.2) is 8.42 Å². The highest BCUT2D eigenvalue weighted by atomic mass is 79.9. The maximum absolute atomic E-state index is 13.0. The highest BCUT2D eigenvalue weighted by molar-refractivity contribution is 9.10. The number of sulfonamides is 1. The Morgan fingerprint density at radius 1 is 0.933 bits per heavy atom. The van der Waals surface area contributed by atoms with Crippen LogP contribution in [-0.4, -0.2) is 21.4 Å². The molecule has 1 amide bonds. The summed E-state index contributed by atoms with van der Waals surface area (Å²) < 4.78 is 34.5. The van der Waals surface area contributed by atoms with Crippen LogP contribution in [0.3, 0.4) is 0 Å². The highest BCUT2D eigenvalue weighted by Crippen LogP contribution is 2.29. The van der Waals surface area contributed by atoms with Crippen LogP contribution in [0.2, 0.25) is 0 Å². The Hall–Kier alpha value is -2.84. The summed E-state index contributed by atoms with van der Waals surface area (Å²) in [6.07, 6.45) is 0. The molecule has 30 heavy (non-hydrogen) atoms. The molecule has 3 aromatic carbocycles. The van der Waals surface area contributed by atoms with Gasteiger partial charge in [-0.3, -0.25) is 9.52 Å². The molecule has 2 N–H and O–H groups in total. The SMILES string of the molecule is COc1ccc(NC(=O)c2c(C)cccc2C)cc1S(=O)(=O)Nc1ccc(Br)cc1. The summed E-state index contributed by atoms with van der Waals surface area (Å²) in [4.78, 5) is 12.7. The van der Waals surface area contributed by atoms with E-state index in [4.69, 9.17) is 4.74 Å². The fourth-order valence-electron chi connectivity index (χ4n) is 3.06. The molecule has 0 atom stereocenters. The predicted molar refractivity (Wildman–Crippen MR) is 122 cm³/mol. The smallest absolute Gasteiger partial charge is 0.265 e. The molecule has 156 valence electrons. The van der Waals surface area contributed by atoms with Gasteiger partial charge >= 0.3 is 0 Å². The molecule has 0 saturated carbocycles. The number of carbonyl (C=O) groups excluding carboxylic acids is 1. The third kappa shape index (κ3) is 4.83. The van der Waals surface area contributed by atoms with E-state index in [2.05, 4.69) is 26.0 Å². The van der Waals surface area contributed by atoms with Crippen LogP contribution >= 0.6 is 15.9 Å². The maximum atomic E-state index is 13.0. The molecule has 3 rings (SSSR count). The second-order valence-corrected chi connectivity index (χ2v) is 9.27. The summed E-state index contributed by atoms with van der Waals surface area (Å²) in [5, 5.41) is 2.78. The van der Waals surface area contributed by atoms with Crippen molar-refractivity contribution < 1.29 is 17.9 Å². The van der Waals surface area contributed by atoms with Gasteiger partial charge in [0, 0.05) is 21.4 Å². The third-order valence-corrected chi connectivity index (χ3v) is 6.45. The number of carbonyl (C=O) groups is 1. The lowest BCUT2D eigenvalue weighted by atomic mass is 10.0. The number of methoxy groups -OCH3 is 1. The largest absolute Gasteiger partial charge is 0.495 e. The van der Waals surface area contributed by atoms with Crippen molar-refractivity contribution in [3.8, 4) is 5.75 Å². The molecule has 6 nitrogen and oxygen atoms in total. The fraction of sp³-hybridized carbons (Fsp3) is 0.136. The Morgan fingerprint density at radius 2 is 1.53 bits per heavy atom. The second kappa shape index (κ2) is 8.89. The Balaban J connectivity index is 1.93. The fourth-order valence-corrected chi connectivity index (χ4v) is 4.58. The van der Waals surface area contributed by atoms with E-state index in [1.807, 2.05) is 32.0 Å². The number of amides is 1. The first kappa shape index (κ1) is 21.9. The minimum atomic E-state index is -3.95. The van der Waals surface area contributed by atoms with Crippen LogP contribution in [0.25, 0.3) is 0 Å². The molecular formula is C22H21BrN2O4S. The standard InChI is InChI=1S/C22H21BrN2O4S/c1-14-5-4-6-15(2)21(14)22(26)24-18-11-12-19(29-3)20(13-18)30(27,28)25-17-9-7-16(23)8-10-17/h4-13,25H,1-3H3,(H,24,26). The normalized spacial score (nSPS) is 11.1. The van der Waals surface area contributed by atoms with Gasteiger partial charge in [-0.1, -0.05) is 34.1 Å². The molecule has 8 heteroatoms. The molecule has 0 unspecified atom stereocenters.